The second-order valence-electron chi connectivity index (χ2n) is 7.18. The summed E-state index contributed by atoms with van der Waals surface area (Å²) in [4.78, 5) is 17.0. The molecule has 7 heteroatoms. The molecule has 0 spiro atoms. The van der Waals surface area contributed by atoms with Crippen molar-refractivity contribution in [1.82, 2.24) is 9.71 Å². The normalized spacial score (nSPS) is 11.5. The molecule has 0 fully saturated rings. The third kappa shape index (κ3) is 4.24. The predicted molar refractivity (Wildman–Crippen MR) is 111 cm³/mol. The molecule has 0 atom stereocenters. The minimum Gasteiger partial charge on any atom is -0.441 e. The number of rotatable bonds is 5. The number of nitrogens with one attached hydrogen (secondary N) is 1. The summed E-state index contributed by atoms with van der Waals surface area (Å²) in [5, 5.41) is 0. The zero-order valence-electron chi connectivity index (χ0n) is 17.2. The van der Waals surface area contributed by atoms with E-state index in [-0.39, 0.29) is 11.3 Å². The van der Waals surface area contributed by atoms with E-state index in [4.69, 9.17) is 4.42 Å². The van der Waals surface area contributed by atoms with Crippen LogP contribution < -0.4 is 4.72 Å². The third-order valence-electron chi connectivity index (χ3n) is 5.06. The van der Waals surface area contributed by atoms with E-state index in [2.05, 4.69) is 9.71 Å². The van der Waals surface area contributed by atoms with Crippen LogP contribution in [-0.4, -0.2) is 19.3 Å². The maximum atomic E-state index is 12.9. The van der Waals surface area contributed by atoms with Crippen LogP contribution in [0.1, 0.15) is 33.7 Å². The fourth-order valence-electron chi connectivity index (χ4n) is 3.27. The Morgan fingerprint density at radius 1 is 1.00 bits per heavy atom. The molecule has 1 amide bonds. The summed E-state index contributed by atoms with van der Waals surface area (Å²) >= 11 is 0. The highest BCUT2D eigenvalue weighted by atomic mass is 32.2. The highest BCUT2D eigenvalue weighted by Gasteiger charge is 2.25. The van der Waals surface area contributed by atoms with Gasteiger partial charge < -0.3 is 4.42 Å². The summed E-state index contributed by atoms with van der Waals surface area (Å²) in [6, 6.07) is 11.3. The lowest BCUT2D eigenvalue weighted by atomic mass is 10.0. The number of nitrogens with zero attached hydrogens (tertiary/aromatic N) is 1. The fraction of sp³-hybridized carbons (Fsp3) is 0.273. The van der Waals surface area contributed by atoms with Crippen molar-refractivity contribution in [1.29, 1.82) is 0 Å². The van der Waals surface area contributed by atoms with Gasteiger partial charge in [0, 0.05) is 5.56 Å². The average Bonchev–Trinajstić information content (AvgIpc) is 3.00. The number of carbonyl (C=O) groups excluding carboxylic acids is 1. The van der Waals surface area contributed by atoms with Crippen LogP contribution in [0, 0.1) is 34.6 Å². The second-order valence-corrected chi connectivity index (χ2v) is 8.80. The molecule has 1 N–H and O–H groups in total. The third-order valence-corrected chi connectivity index (χ3v) is 6.70. The van der Waals surface area contributed by atoms with E-state index in [1.807, 2.05) is 50.2 Å². The van der Waals surface area contributed by atoms with Gasteiger partial charge in [-0.25, -0.2) is 18.1 Å². The van der Waals surface area contributed by atoms with Gasteiger partial charge >= 0.3 is 0 Å². The van der Waals surface area contributed by atoms with Crippen LogP contribution in [0.5, 0.6) is 0 Å². The summed E-state index contributed by atoms with van der Waals surface area (Å²) in [5.41, 5.74) is 4.19. The quantitative estimate of drug-likeness (QED) is 0.686. The molecule has 0 bridgehead atoms. The molecule has 2 aromatic carbocycles. The average molecular weight is 413 g/mol. The Bertz CT molecular complexity index is 1150. The largest absolute Gasteiger partial charge is 0.441 e. The molecule has 3 aromatic rings. The molecule has 0 saturated heterocycles. The first-order valence-electron chi connectivity index (χ1n) is 9.25. The molecular formula is C22H24N2O4S. The summed E-state index contributed by atoms with van der Waals surface area (Å²) in [6.45, 7) is 8.90. The van der Waals surface area contributed by atoms with Crippen molar-refractivity contribution in [2.24, 2.45) is 0 Å². The Hall–Kier alpha value is -2.93. The van der Waals surface area contributed by atoms with Crippen molar-refractivity contribution in [2.75, 3.05) is 0 Å². The number of carbonyl (C=O) groups is 1. The molecule has 0 unspecified atom stereocenters. The van der Waals surface area contributed by atoms with Crippen molar-refractivity contribution in [3.05, 3.63) is 70.1 Å². The van der Waals surface area contributed by atoms with E-state index in [1.165, 1.54) is 0 Å². The molecule has 29 heavy (non-hydrogen) atoms. The predicted octanol–water partition coefficient (Wildman–Crippen LogP) is 3.93. The Morgan fingerprint density at radius 2 is 1.59 bits per heavy atom. The van der Waals surface area contributed by atoms with E-state index >= 15 is 0 Å². The minimum atomic E-state index is -4.00. The van der Waals surface area contributed by atoms with E-state index < -0.39 is 15.9 Å². The van der Waals surface area contributed by atoms with Crippen LogP contribution in [0.4, 0.5) is 0 Å². The van der Waals surface area contributed by atoms with Crippen molar-refractivity contribution >= 4 is 15.9 Å². The Labute approximate surface area is 171 Å². The van der Waals surface area contributed by atoms with Crippen molar-refractivity contribution in [3.63, 3.8) is 0 Å². The Kier molecular flexibility index (Phi) is 5.61. The SMILES string of the molecule is Cc1cc(C)c(C)c(S(=O)(=O)NC(=O)Cc2nc(-c3ccccc3)oc2C)c1C. The number of hydrogen-bond donors (Lipinski definition) is 1. The number of oxazole rings is 1. The van der Waals surface area contributed by atoms with E-state index in [0.717, 1.165) is 16.7 Å². The number of hydrogen-bond acceptors (Lipinski definition) is 5. The van der Waals surface area contributed by atoms with Crippen LogP contribution in [0.3, 0.4) is 0 Å². The lowest BCUT2D eigenvalue weighted by Gasteiger charge is -2.16. The molecule has 1 aromatic heterocycles. The molecule has 152 valence electrons. The number of sulfonamides is 1. The van der Waals surface area contributed by atoms with Crippen LogP contribution in [-0.2, 0) is 21.2 Å². The van der Waals surface area contributed by atoms with Gasteiger partial charge in [-0.2, -0.15) is 0 Å². The molecule has 0 radical (unpaired) electrons. The molecule has 0 aliphatic rings. The van der Waals surface area contributed by atoms with Crippen molar-refractivity contribution in [3.8, 4) is 11.5 Å². The van der Waals surface area contributed by atoms with Crippen LogP contribution in [0.15, 0.2) is 45.7 Å². The molecular weight excluding hydrogens is 388 g/mol. The smallest absolute Gasteiger partial charge is 0.264 e. The van der Waals surface area contributed by atoms with Crippen LogP contribution in [0.2, 0.25) is 0 Å². The lowest BCUT2D eigenvalue weighted by Crippen LogP contribution is -2.33. The van der Waals surface area contributed by atoms with Gasteiger partial charge in [-0.1, -0.05) is 24.3 Å². The lowest BCUT2D eigenvalue weighted by molar-refractivity contribution is -0.118. The van der Waals surface area contributed by atoms with Gasteiger partial charge in [0.1, 0.15) is 5.76 Å². The van der Waals surface area contributed by atoms with E-state index in [9.17, 15) is 13.2 Å². The zero-order valence-corrected chi connectivity index (χ0v) is 18.0. The standard InChI is InChI=1S/C22H24N2O4S/c1-13-11-14(2)16(4)21(15(13)3)29(26,27)24-20(25)12-19-17(5)28-22(23-19)18-9-7-6-8-10-18/h6-11H,12H2,1-5H3,(H,24,25). The number of aromatic nitrogens is 1. The van der Waals surface area contributed by atoms with Crippen LogP contribution in [0.25, 0.3) is 11.5 Å². The monoisotopic (exact) mass is 412 g/mol. The van der Waals surface area contributed by atoms with Gasteiger partial charge in [0.2, 0.25) is 11.8 Å². The first kappa shape index (κ1) is 20.8. The minimum absolute atomic E-state index is 0.158. The molecule has 0 aliphatic carbocycles. The van der Waals surface area contributed by atoms with Gasteiger partial charge in [-0.05, 0) is 69.0 Å². The van der Waals surface area contributed by atoms with Gasteiger partial charge in [-0.15, -0.1) is 0 Å². The molecule has 0 saturated carbocycles. The van der Waals surface area contributed by atoms with Crippen molar-refractivity contribution in [2.45, 2.75) is 45.9 Å². The van der Waals surface area contributed by atoms with Gasteiger partial charge in [0.25, 0.3) is 10.0 Å². The summed E-state index contributed by atoms with van der Waals surface area (Å²) in [7, 11) is -4.00. The first-order chi connectivity index (χ1) is 13.6. The topological polar surface area (TPSA) is 89.3 Å². The number of benzene rings is 2. The highest BCUT2D eigenvalue weighted by Crippen LogP contribution is 2.26. The second kappa shape index (κ2) is 7.83. The summed E-state index contributed by atoms with van der Waals surface area (Å²) < 4.78 is 33.7. The van der Waals surface area contributed by atoms with E-state index in [1.54, 1.807) is 20.8 Å². The number of aryl methyl sites for hydroxylation is 3. The maximum Gasteiger partial charge on any atom is 0.264 e. The van der Waals surface area contributed by atoms with Gasteiger partial charge in [0.15, 0.2) is 0 Å². The molecule has 1 heterocycles. The maximum absolute atomic E-state index is 12.9. The Morgan fingerprint density at radius 3 is 2.17 bits per heavy atom. The summed E-state index contributed by atoms with van der Waals surface area (Å²) in [6.07, 6.45) is -0.190. The summed E-state index contributed by atoms with van der Waals surface area (Å²) in [5.74, 6) is 0.226. The molecule has 6 nitrogen and oxygen atoms in total. The van der Waals surface area contributed by atoms with Crippen LogP contribution >= 0.6 is 0 Å². The fourth-order valence-corrected chi connectivity index (χ4v) is 4.87. The molecule has 3 rings (SSSR count). The van der Waals surface area contributed by atoms with Gasteiger partial charge in [-0.3, -0.25) is 4.79 Å². The van der Waals surface area contributed by atoms with Crippen molar-refractivity contribution < 1.29 is 17.6 Å². The molecule has 0 aliphatic heterocycles. The van der Waals surface area contributed by atoms with E-state index in [0.29, 0.717) is 28.5 Å². The number of amides is 1. The first-order valence-corrected chi connectivity index (χ1v) is 10.7. The Balaban J connectivity index is 1.84. The van der Waals surface area contributed by atoms with Gasteiger partial charge in [0.05, 0.1) is 17.0 Å². The highest BCUT2D eigenvalue weighted by molar-refractivity contribution is 7.90. The zero-order chi connectivity index (χ0) is 21.3.